The molecule has 0 aromatic heterocycles. The van der Waals surface area contributed by atoms with Crippen LogP contribution in [0.25, 0.3) is 0 Å². The predicted molar refractivity (Wildman–Crippen MR) is 78.1 cm³/mol. The highest BCUT2D eigenvalue weighted by atomic mass is 16.1. The first-order valence-electron chi connectivity index (χ1n) is 6.35. The first-order chi connectivity index (χ1) is 9.16. The average molecular weight is 254 g/mol. The summed E-state index contributed by atoms with van der Waals surface area (Å²) in [4.78, 5) is 12.0. The van der Waals surface area contributed by atoms with Crippen LogP contribution in [0, 0.1) is 6.92 Å². The van der Waals surface area contributed by atoms with Gasteiger partial charge >= 0.3 is 0 Å². The second-order valence-electron chi connectivity index (χ2n) is 4.58. The normalized spacial score (nSPS) is 10.2. The number of nitrogen functional groups attached to an aromatic ring is 1. The maximum absolute atomic E-state index is 12.0. The number of carbonyl (C=O) groups excluding carboxylic acids is 1. The Morgan fingerprint density at radius 2 is 1.89 bits per heavy atom. The van der Waals surface area contributed by atoms with E-state index in [9.17, 15) is 4.79 Å². The number of amides is 1. The molecule has 2 aromatic rings. The summed E-state index contributed by atoms with van der Waals surface area (Å²) < 4.78 is 0. The average Bonchev–Trinajstić information content (AvgIpc) is 2.39. The zero-order valence-corrected chi connectivity index (χ0v) is 11.0. The van der Waals surface area contributed by atoms with Crippen LogP contribution in [0.2, 0.25) is 0 Å². The van der Waals surface area contributed by atoms with E-state index in [-0.39, 0.29) is 5.91 Å². The van der Waals surface area contributed by atoms with Crippen molar-refractivity contribution in [3.05, 3.63) is 65.2 Å². The summed E-state index contributed by atoms with van der Waals surface area (Å²) in [6, 6.07) is 15.5. The molecule has 98 valence electrons. The first-order valence-corrected chi connectivity index (χ1v) is 6.35. The Kier molecular flexibility index (Phi) is 4.18. The fourth-order valence-corrected chi connectivity index (χ4v) is 1.95. The molecule has 0 saturated carbocycles. The summed E-state index contributed by atoms with van der Waals surface area (Å²) in [5, 5.41) is 2.89. The Labute approximate surface area is 113 Å². The van der Waals surface area contributed by atoms with Gasteiger partial charge in [-0.15, -0.1) is 0 Å². The van der Waals surface area contributed by atoms with Crippen LogP contribution in [-0.2, 0) is 6.42 Å². The van der Waals surface area contributed by atoms with Crippen molar-refractivity contribution in [2.24, 2.45) is 0 Å². The van der Waals surface area contributed by atoms with Crippen LogP contribution in [0.4, 0.5) is 5.69 Å². The summed E-state index contributed by atoms with van der Waals surface area (Å²) in [6.07, 6.45) is 0.818. The molecule has 0 radical (unpaired) electrons. The molecule has 0 heterocycles. The molecule has 0 aliphatic carbocycles. The Bertz CT molecular complexity index is 564. The van der Waals surface area contributed by atoms with Crippen LogP contribution in [0.3, 0.4) is 0 Å². The maximum Gasteiger partial charge on any atom is 0.253 e. The molecule has 2 aromatic carbocycles. The van der Waals surface area contributed by atoms with E-state index in [4.69, 9.17) is 5.73 Å². The fourth-order valence-electron chi connectivity index (χ4n) is 1.95. The Balaban J connectivity index is 1.91. The summed E-state index contributed by atoms with van der Waals surface area (Å²) in [6.45, 7) is 2.56. The third kappa shape index (κ3) is 3.58. The van der Waals surface area contributed by atoms with Gasteiger partial charge in [-0.1, -0.05) is 36.4 Å². The van der Waals surface area contributed by atoms with Crippen molar-refractivity contribution in [1.29, 1.82) is 0 Å². The lowest BCUT2D eigenvalue weighted by molar-refractivity contribution is 0.0955. The number of anilines is 1. The van der Waals surface area contributed by atoms with Crippen molar-refractivity contribution >= 4 is 11.6 Å². The van der Waals surface area contributed by atoms with Crippen molar-refractivity contribution in [2.45, 2.75) is 13.3 Å². The molecule has 0 bridgehead atoms. The summed E-state index contributed by atoms with van der Waals surface area (Å²) in [7, 11) is 0. The number of rotatable bonds is 4. The van der Waals surface area contributed by atoms with Gasteiger partial charge in [0.15, 0.2) is 0 Å². The molecule has 3 N–H and O–H groups in total. The van der Waals surface area contributed by atoms with Crippen LogP contribution in [0.1, 0.15) is 21.5 Å². The van der Waals surface area contributed by atoms with Crippen LogP contribution in [-0.4, -0.2) is 12.5 Å². The molecule has 1 amide bonds. The zero-order valence-electron chi connectivity index (χ0n) is 11.0. The van der Waals surface area contributed by atoms with E-state index in [2.05, 4.69) is 5.32 Å². The minimum atomic E-state index is -0.117. The van der Waals surface area contributed by atoms with Crippen LogP contribution >= 0.6 is 0 Å². The molecule has 0 aliphatic heterocycles. The SMILES string of the molecule is Cc1ccc(C(=O)NCCc2ccccc2)c(N)c1. The Morgan fingerprint density at radius 1 is 1.16 bits per heavy atom. The lowest BCUT2D eigenvalue weighted by atomic mass is 10.1. The van der Waals surface area contributed by atoms with Gasteiger partial charge < -0.3 is 11.1 Å². The van der Waals surface area contributed by atoms with Crippen LogP contribution in [0.5, 0.6) is 0 Å². The number of hydrogen-bond donors (Lipinski definition) is 2. The Hall–Kier alpha value is -2.29. The molecule has 0 fully saturated rings. The van der Waals surface area contributed by atoms with Gasteiger partial charge in [-0.3, -0.25) is 4.79 Å². The number of carbonyl (C=O) groups is 1. The fraction of sp³-hybridized carbons (Fsp3) is 0.188. The lowest BCUT2D eigenvalue weighted by Gasteiger charge is -2.08. The van der Waals surface area contributed by atoms with Gasteiger partial charge in [-0.05, 0) is 36.6 Å². The van der Waals surface area contributed by atoms with Gasteiger partial charge in [0, 0.05) is 12.2 Å². The second kappa shape index (κ2) is 6.05. The van der Waals surface area contributed by atoms with Crippen molar-refractivity contribution in [1.82, 2.24) is 5.32 Å². The lowest BCUT2D eigenvalue weighted by Crippen LogP contribution is -2.26. The molecule has 0 saturated heterocycles. The zero-order chi connectivity index (χ0) is 13.7. The monoisotopic (exact) mass is 254 g/mol. The summed E-state index contributed by atoms with van der Waals surface area (Å²) in [5.41, 5.74) is 9.17. The van der Waals surface area contributed by atoms with Crippen LogP contribution in [0.15, 0.2) is 48.5 Å². The number of aryl methyl sites for hydroxylation is 1. The smallest absolute Gasteiger partial charge is 0.253 e. The molecule has 19 heavy (non-hydrogen) atoms. The second-order valence-corrected chi connectivity index (χ2v) is 4.58. The summed E-state index contributed by atoms with van der Waals surface area (Å²) >= 11 is 0. The van der Waals surface area contributed by atoms with E-state index in [1.807, 2.05) is 49.4 Å². The minimum Gasteiger partial charge on any atom is -0.398 e. The standard InChI is InChI=1S/C16H18N2O/c1-12-7-8-14(15(17)11-12)16(19)18-10-9-13-5-3-2-4-6-13/h2-8,11H,9-10,17H2,1H3,(H,18,19). The van der Waals surface area contributed by atoms with Crippen molar-refractivity contribution in [2.75, 3.05) is 12.3 Å². The van der Waals surface area contributed by atoms with E-state index in [1.54, 1.807) is 6.07 Å². The van der Waals surface area contributed by atoms with Gasteiger partial charge in [-0.25, -0.2) is 0 Å². The maximum atomic E-state index is 12.0. The van der Waals surface area contributed by atoms with Gasteiger partial charge in [0.2, 0.25) is 0 Å². The number of nitrogens with one attached hydrogen (secondary N) is 1. The number of nitrogens with two attached hydrogens (primary N) is 1. The first kappa shape index (κ1) is 13.1. The largest absolute Gasteiger partial charge is 0.398 e. The van der Waals surface area contributed by atoms with Crippen molar-refractivity contribution in [3.63, 3.8) is 0 Å². The highest BCUT2D eigenvalue weighted by molar-refractivity contribution is 5.99. The quantitative estimate of drug-likeness (QED) is 0.824. The van der Waals surface area contributed by atoms with Gasteiger partial charge in [0.05, 0.1) is 5.56 Å². The van der Waals surface area contributed by atoms with Crippen LogP contribution < -0.4 is 11.1 Å². The topological polar surface area (TPSA) is 55.1 Å². The van der Waals surface area contributed by atoms with E-state index >= 15 is 0 Å². The molecular formula is C16H18N2O. The number of benzene rings is 2. The molecule has 0 atom stereocenters. The molecule has 0 unspecified atom stereocenters. The highest BCUT2D eigenvalue weighted by Crippen LogP contribution is 2.13. The van der Waals surface area contributed by atoms with Gasteiger partial charge in [0.25, 0.3) is 5.91 Å². The molecule has 0 aliphatic rings. The van der Waals surface area contributed by atoms with E-state index in [0.29, 0.717) is 17.8 Å². The van der Waals surface area contributed by atoms with Gasteiger partial charge in [-0.2, -0.15) is 0 Å². The Morgan fingerprint density at radius 3 is 2.58 bits per heavy atom. The minimum absolute atomic E-state index is 0.117. The molecular weight excluding hydrogens is 236 g/mol. The van der Waals surface area contributed by atoms with Crippen molar-refractivity contribution < 1.29 is 4.79 Å². The third-order valence-corrected chi connectivity index (χ3v) is 2.99. The number of hydrogen-bond acceptors (Lipinski definition) is 2. The molecule has 3 heteroatoms. The predicted octanol–water partition coefficient (Wildman–Crippen LogP) is 2.55. The van der Waals surface area contributed by atoms with E-state index in [0.717, 1.165) is 12.0 Å². The molecule has 2 rings (SSSR count). The summed E-state index contributed by atoms with van der Waals surface area (Å²) in [5.74, 6) is -0.117. The van der Waals surface area contributed by atoms with Gasteiger partial charge in [0.1, 0.15) is 0 Å². The molecule has 0 spiro atoms. The van der Waals surface area contributed by atoms with E-state index < -0.39 is 0 Å². The third-order valence-electron chi connectivity index (χ3n) is 2.99. The van der Waals surface area contributed by atoms with Crippen molar-refractivity contribution in [3.8, 4) is 0 Å². The highest BCUT2D eigenvalue weighted by Gasteiger charge is 2.08. The van der Waals surface area contributed by atoms with E-state index in [1.165, 1.54) is 5.56 Å². The molecule has 3 nitrogen and oxygen atoms in total.